The Morgan fingerprint density at radius 3 is 2.72 bits per heavy atom. The SMILES string of the molecule is CCn1ncc2c(NC3CCCCC3)c(C3=CC4(CCC(COC)CC4)ON3)c(C)nc21. The number of hydrogen-bond acceptors (Lipinski definition) is 6. The zero-order valence-corrected chi connectivity index (χ0v) is 19.7. The Hall–Kier alpha value is -2.12. The molecule has 174 valence electrons. The van der Waals surface area contributed by atoms with Crippen LogP contribution in [0.4, 0.5) is 5.69 Å². The predicted octanol–water partition coefficient (Wildman–Crippen LogP) is 4.96. The predicted molar refractivity (Wildman–Crippen MR) is 127 cm³/mol. The molecule has 2 aliphatic carbocycles. The van der Waals surface area contributed by atoms with Crippen LogP contribution in [-0.4, -0.2) is 40.1 Å². The van der Waals surface area contributed by atoms with Crippen molar-refractivity contribution >= 4 is 22.4 Å². The molecular formula is C25H37N5O2. The zero-order valence-electron chi connectivity index (χ0n) is 19.7. The first kappa shape index (κ1) is 21.7. The smallest absolute Gasteiger partial charge is 0.160 e. The summed E-state index contributed by atoms with van der Waals surface area (Å²) in [5, 5.41) is 9.64. The minimum absolute atomic E-state index is 0.226. The Morgan fingerprint density at radius 1 is 1.22 bits per heavy atom. The molecule has 0 amide bonds. The zero-order chi connectivity index (χ0) is 22.1. The summed E-state index contributed by atoms with van der Waals surface area (Å²) < 4.78 is 7.37. The number of pyridine rings is 1. The minimum Gasteiger partial charge on any atom is -0.384 e. The third kappa shape index (κ3) is 4.01. The monoisotopic (exact) mass is 439 g/mol. The summed E-state index contributed by atoms with van der Waals surface area (Å²) in [7, 11) is 1.80. The van der Waals surface area contributed by atoms with Gasteiger partial charge in [-0.3, -0.25) is 10.3 Å². The van der Waals surface area contributed by atoms with Gasteiger partial charge in [-0.15, -0.1) is 0 Å². The molecule has 0 unspecified atom stereocenters. The lowest BCUT2D eigenvalue weighted by atomic mass is 9.78. The molecule has 7 nitrogen and oxygen atoms in total. The van der Waals surface area contributed by atoms with E-state index in [4.69, 9.17) is 14.6 Å². The van der Waals surface area contributed by atoms with E-state index < -0.39 is 0 Å². The Morgan fingerprint density at radius 2 is 2.00 bits per heavy atom. The van der Waals surface area contributed by atoms with Gasteiger partial charge in [0.15, 0.2) is 5.65 Å². The van der Waals surface area contributed by atoms with E-state index >= 15 is 0 Å². The van der Waals surface area contributed by atoms with E-state index in [2.05, 4.69) is 35.8 Å². The van der Waals surface area contributed by atoms with E-state index in [1.807, 2.05) is 10.9 Å². The van der Waals surface area contributed by atoms with Gasteiger partial charge in [0.2, 0.25) is 0 Å². The van der Waals surface area contributed by atoms with Crippen LogP contribution in [0.1, 0.15) is 76.0 Å². The molecule has 2 fully saturated rings. The maximum atomic E-state index is 6.25. The van der Waals surface area contributed by atoms with Crippen LogP contribution >= 0.6 is 0 Å². The normalized spacial score (nSPS) is 26.5. The summed E-state index contributed by atoms with van der Waals surface area (Å²) in [6, 6.07) is 0.499. The molecule has 0 radical (unpaired) electrons. The molecule has 2 N–H and O–H groups in total. The molecular weight excluding hydrogens is 402 g/mol. The molecule has 2 aromatic heterocycles. The third-order valence-electron chi connectivity index (χ3n) is 7.61. The summed E-state index contributed by atoms with van der Waals surface area (Å²) >= 11 is 0. The lowest BCUT2D eigenvalue weighted by Gasteiger charge is -2.33. The van der Waals surface area contributed by atoms with Gasteiger partial charge in [-0.1, -0.05) is 19.3 Å². The lowest BCUT2D eigenvalue weighted by Crippen LogP contribution is -2.35. The maximum Gasteiger partial charge on any atom is 0.160 e. The molecule has 3 heterocycles. The van der Waals surface area contributed by atoms with Gasteiger partial charge in [-0.25, -0.2) is 9.67 Å². The Labute approximate surface area is 190 Å². The van der Waals surface area contributed by atoms with Crippen LogP contribution in [0.25, 0.3) is 16.7 Å². The quantitative estimate of drug-likeness (QED) is 0.663. The number of nitrogens with zero attached hydrogens (tertiary/aromatic N) is 3. The second-order valence-electron chi connectivity index (χ2n) is 9.85. The van der Waals surface area contributed by atoms with E-state index in [9.17, 15) is 0 Å². The molecule has 32 heavy (non-hydrogen) atoms. The third-order valence-corrected chi connectivity index (χ3v) is 7.61. The average Bonchev–Trinajstić information content (AvgIpc) is 3.40. The Bertz CT molecular complexity index is 984. The van der Waals surface area contributed by atoms with E-state index in [1.54, 1.807) is 7.11 Å². The summed E-state index contributed by atoms with van der Waals surface area (Å²) in [5.74, 6) is 0.634. The minimum atomic E-state index is -0.226. The summed E-state index contributed by atoms with van der Waals surface area (Å²) in [6.07, 6.45) is 15.0. The van der Waals surface area contributed by atoms with Crippen molar-refractivity contribution in [3.8, 4) is 0 Å². The summed E-state index contributed by atoms with van der Waals surface area (Å²) in [5.41, 5.74) is 8.39. The number of aromatic nitrogens is 3. The largest absolute Gasteiger partial charge is 0.384 e. The van der Waals surface area contributed by atoms with Crippen LogP contribution < -0.4 is 10.8 Å². The molecule has 5 rings (SSSR count). The van der Waals surface area contributed by atoms with Crippen molar-refractivity contribution in [3.05, 3.63) is 23.5 Å². The second-order valence-corrected chi connectivity index (χ2v) is 9.85. The van der Waals surface area contributed by atoms with E-state index in [1.165, 1.54) is 32.1 Å². The van der Waals surface area contributed by atoms with Crippen molar-refractivity contribution in [1.82, 2.24) is 20.2 Å². The van der Waals surface area contributed by atoms with Crippen molar-refractivity contribution in [2.24, 2.45) is 5.92 Å². The number of methoxy groups -OCH3 is 1. The van der Waals surface area contributed by atoms with Crippen molar-refractivity contribution in [2.45, 2.75) is 89.8 Å². The topological polar surface area (TPSA) is 73.2 Å². The highest BCUT2D eigenvalue weighted by molar-refractivity contribution is 5.97. The highest BCUT2D eigenvalue weighted by Crippen LogP contribution is 2.43. The van der Waals surface area contributed by atoms with E-state index in [0.29, 0.717) is 12.0 Å². The number of fused-ring (bicyclic) bond motifs is 1. The average molecular weight is 440 g/mol. The van der Waals surface area contributed by atoms with E-state index in [-0.39, 0.29) is 5.60 Å². The first-order valence-electron chi connectivity index (χ1n) is 12.4. The molecule has 0 saturated heterocycles. The van der Waals surface area contributed by atoms with Gasteiger partial charge < -0.3 is 10.1 Å². The number of hydroxylamine groups is 1. The fraction of sp³-hybridized carbons (Fsp3) is 0.680. The van der Waals surface area contributed by atoms with E-state index in [0.717, 1.165) is 72.5 Å². The Kier molecular flexibility index (Phi) is 6.12. The number of nitrogens with one attached hydrogen (secondary N) is 2. The van der Waals surface area contributed by atoms with Crippen molar-refractivity contribution in [1.29, 1.82) is 0 Å². The molecule has 2 saturated carbocycles. The Balaban J connectivity index is 1.51. The first-order valence-corrected chi connectivity index (χ1v) is 12.4. The van der Waals surface area contributed by atoms with Crippen LogP contribution in [0, 0.1) is 12.8 Å². The van der Waals surface area contributed by atoms with Gasteiger partial charge >= 0.3 is 0 Å². The molecule has 0 bridgehead atoms. The molecule has 1 aliphatic heterocycles. The van der Waals surface area contributed by atoms with Gasteiger partial charge in [-0.2, -0.15) is 5.10 Å². The first-order chi connectivity index (χ1) is 15.6. The van der Waals surface area contributed by atoms with Crippen molar-refractivity contribution in [3.63, 3.8) is 0 Å². The van der Waals surface area contributed by atoms with Crippen molar-refractivity contribution < 1.29 is 9.57 Å². The summed E-state index contributed by atoms with van der Waals surface area (Å²) in [6.45, 7) is 5.88. The van der Waals surface area contributed by atoms with Crippen LogP contribution in [0.2, 0.25) is 0 Å². The maximum absolute atomic E-state index is 6.25. The highest BCUT2D eigenvalue weighted by atomic mass is 16.7. The summed E-state index contributed by atoms with van der Waals surface area (Å²) in [4.78, 5) is 11.2. The molecule has 3 aliphatic rings. The standard InChI is InChI=1S/C25H37N5O2/c1-4-30-24-20(15-26-30)23(28-19-8-6-5-7-9-19)22(17(2)27-24)21-14-25(32-29-21)12-10-18(11-13-25)16-31-3/h14-15,18-19,29H,4-13,16H2,1-3H3,(H,27,28). The highest BCUT2D eigenvalue weighted by Gasteiger charge is 2.40. The van der Waals surface area contributed by atoms with Gasteiger partial charge in [0.25, 0.3) is 0 Å². The number of hydrogen-bond donors (Lipinski definition) is 2. The van der Waals surface area contributed by atoms with Gasteiger partial charge in [0.1, 0.15) is 5.60 Å². The second kappa shape index (κ2) is 9.02. The molecule has 7 heteroatoms. The molecule has 1 spiro atoms. The number of ether oxygens (including phenoxy) is 1. The molecule has 2 aromatic rings. The van der Waals surface area contributed by atoms with Crippen LogP contribution in [-0.2, 0) is 16.1 Å². The molecule has 0 aromatic carbocycles. The molecule has 0 atom stereocenters. The van der Waals surface area contributed by atoms with Gasteiger partial charge in [0, 0.05) is 31.9 Å². The number of aryl methyl sites for hydroxylation is 2. The van der Waals surface area contributed by atoms with Gasteiger partial charge in [0.05, 0.1) is 28.7 Å². The fourth-order valence-corrected chi connectivity index (χ4v) is 5.78. The van der Waals surface area contributed by atoms with Crippen LogP contribution in [0.3, 0.4) is 0 Å². The van der Waals surface area contributed by atoms with Gasteiger partial charge in [-0.05, 0) is 64.4 Å². The lowest BCUT2D eigenvalue weighted by molar-refractivity contribution is -0.0679. The van der Waals surface area contributed by atoms with Crippen molar-refractivity contribution in [2.75, 3.05) is 19.0 Å². The van der Waals surface area contributed by atoms with Crippen LogP contribution in [0.15, 0.2) is 12.3 Å². The fourth-order valence-electron chi connectivity index (χ4n) is 5.78. The van der Waals surface area contributed by atoms with Crippen LogP contribution in [0.5, 0.6) is 0 Å². The number of anilines is 1. The number of rotatable bonds is 6.